The zero-order valence-electron chi connectivity index (χ0n) is 6.75. The van der Waals surface area contributed by atoms with Gasteiger partial charge in [0.2, 0.25) is 0 Å². The van der Waals surface area contributed by atoms with Crippen molar-refractivity contribution in [3.8, 4) is 0 Å². The van der Waals surface area contributed by atoms with Crippen LogP contribution in [-0.4, -0.2) is 20.2 Å². The topological polar surface area (TPSA) is 63.6 Å². The van der Waals surface area contributed by atoms with Crippen LogP contribution in [0.25, 0.3) is 0 Å². The van der Waals surface area contributed by atoms with Crippen LogP contribution < -0.4 is 5.32 Å². The van der Waals surface area contributed by atoms with Crippen molar-refractivity contribution in [3.05, 3.63) is 36.9 Å². The smallest absolute Gasteiger partial charge is 0.154 e. The molecule has 0 aliphatic carbocycles. The molecule has 1 N–H and O–H groups in total. The maximum atomic E-state index is 4.03. The van der Waals surface area contributed by atoms with E-state index in [2.05, 4.69) is 25.5 Å². The van der Waals surface area contributed by atoms with Gasteiger partial charge >= 0.3 is 0 Å². The highest BCUT2D eigenvalue weighted by Gasteiger charge is 1.94. The Labute approximate surface area is 74.9 Å². The molecule has 5 heteroatoms. The van der Waals surface area contributed by atoms with E-state index in [-0.39, 0.29) is 0 Å². The van der Waals surface area contributed by atoms with Crippen molar-refractivity contribution in [3.63, 3.8) is 0 Å². The Morgan fingerprint density at radius 1 is 1.08 bits per heavy atom. The van der Waals surface area contributed by atoms with Gasteiger partial charge in [-0.1, -0.05) is 0 Å². The lowest BCUT2D eigenvalue weighted by molar-refractivity contribution is 1.03. The molecule has 2 aromatic heterocycles. The van der Waals surface area contributed by atoms with E-state index >= 15 is 0 Å². The van der Waals surface area contributed by atoms with Gasteiger partial charge in [0.15, 0.2) is 5.82 Å². The van der Waals surface area contributed by atoms with E-state index in [1.165, 1.54) is 0 Å². The molecule has 0 aliphatic heterocycles. The van der Waals surface area contributed by atoms with E-state index in [9.17, 15) is 0 Å². The van der Waals surface area contributed by atoms with E-state index in [0.29, 0.717) is 11.6 Å². The summed E-state index contributed by atoms with van der Waals surface area (Å²) in [5.74, 6) is 1.31. The summed E-state index contributed by atoms with van der Waals surface area (Å²) >= 11 is 0. The van der Waals surface area contributed by atoms with Crippen molar-refractivity contribution in [1.29, 1.82) is 0 Å². The summed E-state index contributed by atoms with van der Waals surface area (Å²) in [6.45, 7) is 0. The number of aromatic nitrogens is 4. The Kier molecular flexibility index (Phi) is 2.09. The number of hydrogen-bond acceptors (Lipinski definition) is 5. The molecule has 64 valence electrons. The lowest BCUT2D eigenvalue weighted by atomic mass is 10.5. The number of rotatable bonds is 2. The molecule has 2 heterocycles. The highest BCUT2D eigenvalue weighted by molar-refractivity contribution is 5.48. The van der Waals surface area contributed by atoms with Gasteiger partial charge in [-0.15, -0.1) is 5.10 Å². The molecule has 0 aromatic carbocycles. The van der Waals surface area contributed by atoms with Crippen LogP contribution in [-0.2, 0) is 0 Å². The van der Waals surface area contributed by atoms with E-state index in [1.54, 1.807) is 30.9 Å². The molecule has 0 radical (unpaired) electrons. The fourth-order valence-corrected chi connectivity index (χ4v) is 0.863. The van der Waals surface area contributed by atoms with Gasteiger partial charge in [-0.05, 0) is 12.1 Å². The Hall–Kier alpha value is -2.04. The molecular weight excluding hydrogens is 166 g/mol. The largest absolute Gasteiger partial charge is 0.322 e. The molecule has 0 fully saturated rings. The van der Waals surface area contributed by atoms with Gasteiger partial charge in [0.05, 0.1) is 6.20 Å². The number of nitrogens with one attached hydrogen (secondary N) is 1. The lowest BCUT2D eigenvalue weighted by Crippen LogP contribution is -1.96. The highest BCUT2D eigenvalue weighted by atomic mass is 15.2. The second kappa shape index (κ2) is 3.57. The van der Waals surface area contributed by atoms with Crippen molar-refractivity contribution in [2.45, 2.75) is 0 Å². The molecule has 0 bridgehead atoms. The molecule has 0 unspecified atom stereocenters. The lowest BCUT2D eigenvalue weighted by Gasteiger charge is -2.00. The van der Waals surface area contributed by atoms with E-state index < -0.39 is 0 Å². The molecule has 13 heavy (non-hydrogen) atoms. The van der Waals surface area contributed by atoms with Gasteiger partial charge in [0, 0.05) is 18.6 Å². The fraction of sp³-hybridized carbons (Fsp3) is 0. The maximum absolute atomic E-state index is 4.03. The molecule has 0 saturated carbocycles. The second-order valence-corrected chi connectivity index (χ2v) is 2.32. The minimum absolute atomic E-state index is 0.656. The predicted molar refractivity (Wildman–Crippen MR) is 47.3 cm³/mol. The summed E-state index contributed by atoms with van der Waals surface area (Å²) in [5, 5.41) is 10.5. The van der Waals surface area contributed by atoms with Crippen molar-refractivity contribution in [1.82, 2.24) is 20.2 Å². The molecule has 5 nitrogen and oxygen atoms in total. The van der Waals surface area contributed by atoms with Crippen LogP contribution in [0.5, 0.6) is 0 Å². The summed E-state index contributed by atoms with van der Waals surface area (Å²) in [5.41, 5.74) is 0. The molecule has 2 aromatic rings. The quantitative estimate of drug-likeness (QED) is 0.734. The van der Waals surface area contributed by atoms with Crippen LogP contribution in [0.2, 0.25) is 0 Å². The van der Waals surface area contributed by atoms with Crippen LogP contribution in [0.1, 0.15) is 0 Å². The third-order valence-corrected chi connectivity index (χ3v) is 1.39. The fourth-order valence-electron chi connectivity index (χ4n) is 0.863. The standard InChI is InChI=1S/C8H7N5/c1-2-7(13-11-3-1)12-8-6-9-4-5-10-8/h1-6H,(H,10,12,13). The van der Waals surface area contributed by atoms with Crippen LogP contribution >= 0.6 is 0 Å². The number of hydrogen-bond donors (Lipinski definition) is 1. The molecule has 2 rings (SSSR count). The van der Waals surface area contributed by atoms with Crippen LogP contribution in [0.3, 0.4) is 0 Å². The van der Waals surface area contributed by atoms with Crippen molar-refractivity contribution in [2.75, 3.05) is 5.32 Å². The van der Waals surface area contributed by atoms with E-state index in [1.807, 2.05) is 6.07 Å². The van der Waals surface area contributed by atoms with Crippen molar-refractivity contribution >= 4 is 11.6 Å². The molecule has 0 amide bonds. The summed E-state index contributed by atoms with van der Waals surface area (Å²) in [4.78, 5) is 7.94. The SMILES string of the molecule is c1cnnc(Nc2cnccn2)c1. The monoisotopic (exact) mass is 173 g/mol. The van der Waals surface area contributed by atoms with Crippen molar-refractivity contribution in [2.24, 2.45) is 0 Å². The van der Waals surface area contributed by atoms with Gasteiger partial charge in [0.1, 0.15) is 5.82 Å². The Bertz CT molecular complexity index is 323. The highest BCUT2D eigenvalue weighted by Crippen LogP contribution is 2.06. The minimum Gasteiger partial charge on any atom is -0.322 e. The predicted octanol–water partition coefficient (Wildman–Crippen LogP) is 1.01. The van der Waals surface area contributed by atoms with Gasteiger partial charge in [-0.3, -0.25) is 4.98 Å². The molecule has 0 atom stereocenters. The molecular formula is C8H7N5. The maximum Gasteiger partial charge on any atom is 0.154 e. The second-order valence-electron chi connectivity index (χ2n) is 2.32. The first-order valence-corrected chi connectivity index (χ1v) is 3.76. The molecule has 0 aliphatic rings. The van der Waals surface area contributed by atoms with Crippen LogP contribution in [0.4, 0.5) is 11.6 Å². The van der Waals surface area contributed by atoms with Gasteiger partial charge < -0.3 is 5.32 Å². The normalized spacial score (nSPS) is 9.54. The summed E-state index contributed by atoms with van der Waals surface area (Å²) in [6, 6.07) is 3.60. The number of anilines is 2. The average molecular weight is 173 g/mol. The van der Waals surface area contributed by atoms with E-state index in [0.717, 1.165) is 0 Å². The Morgan fingerprint density at radius 3 is 2.77 bits per heavy atom. The zero-order chi connectivity index (χ0) is 8.93. The first kappa shape index (κ1) is 7.60. The van der Waals surface area contributed by atoms with Gasteiger partial charge in [0.25, 0.3) is 0 Å². The van der Waals surface area contributed by atoms with Crippen molar-refractivity contribution < 1.29 is 0 Å². The van der Waals surface area contributed by atoms with Gasteiger partial charge in [-0.2, -0.15) is 5.10 Å². The third kappa shape index (κ3) is 1.96. The third-order valence-electron chi connectivity index (χ3n) is 1.39. The average Bonchev–Trinajstić information content (AvgIpc) is 2.21. The first-order valence-electron chi connectivity index (χ1n) is 3.76. The first-order chi connectivity index (χ1) is 6.45. The minimum atomic E-state index is 0.656. The molecule has 0 spiro atoms. The van der Waals surface area contributed by atoms with Crippen LogP contribution in [0, 0.1) is 0 Å². The zero-order valence-corrected chi connectivity index (χ0v) is 6.75. The van der Waals surface area contributed by atoms with E-state index in [4.69, 9.17) is 0 Å². The summed E-state index contributed by atoms with van der Waals surface area (Å²) in [6.07, 6.45) is 6.46. The summed E-state index contributed by atoms with van der Waals surface area (Å²) in [7, 11) is 0. The van der Waals surface area contributed by atoms with Gasteiger partial charge in [-0.25, -0.2) is 4.98 Å². The molecule has 0 saturated heterocycles. The number of nitrogens with zero attached hydrogens (tertiary/aromatic N) is 4. The Balaban J connectivity index is 2.16. The Morgan fingerprint density at radius 2 is 2.08 bits per heavy atom. The van der Waals surface area contributed by atoms with Crippen LogP contribution in [0.15, 0.2) is 36.9 Å². The summed E-state index contributed by atoms with van der Waals surface area (Å²) < 4.78 is 0.